The minimum atomic E-state index is 0.0126. The molecule has 122 valence electrons. The molecule has 1 saturated heterocycles. The number of hydrogen-bond donors (Lipinski definition) is 2. The van der Waals surface area contributed by atoms with Crippen LogP contribution in [0.2, 0.25) is 0 Å². The van der Waals surface area contributed by atoms with E-state index < -0.39 is 0 Å². The lowest BCUT2D eigenvalue weighted by atomic mass is 9.92. The van der Waals surface area contributed by atoms with Crippen molar-refractivity contribution < 1.29 is 4.79 Å². The monoisotopic (exact) mass is 377 g/mol. The van der Waals surface area contributed by atoms with Crippen LogP contribution in [0.5, 0.6) is 0 Å². The number of halogens is 1. The number of carbonyl (C=O) groups is 1. The number of amides is 1. The van der Waals surface area contributed by atoms with Gasteiger partial charge in [0.2, 0.25) is 11.9 Å². The van der Waals surface area contributed by atoms with Gasteiger partial charge in [-0.1, -0.05) is 28.1 Å². The Bertz CT molecular complexity index is 687. The van der Waals surface area contributed by atoms with Crippen LogP contribution in [0.1, 0.15) is 25.3 Å². The van der Waals surface area contributed by atoms with Crippen molar-refractivity contribution in [2.24, 2.45) is 5.92 Å². The fraction of sp³-hybridized carbons (Fsp3) is 0.438. The van der Waals surface area contributed by atoms with E-state index in [0.717, 1.165) is 29.4 Å². The van der Waals surface area contributed by atoms with E-state index in [1.165, 1.54) is 0 Å². The van der Waals surface area contributed by atoms with E-state index in [2.05, 4.69) is 43.6 Å². The quantitative estimate of drug-likeness (QED) is 0.857. The van der Waals surface area contributed by atoms with Gasteiger partial charge in [-0.25, -0.2) is 9.67 Å². The van der Waals surface area contributed by atoms with Gasteiger partial charge >= 0.3 is 0 Å². The Labute approximate surface area is 143 Å². The summed E-state index contributed by atoms with van der Waals surface area (Å²) in [6.07, 6.45) is 3.35. The maximum absolute atomic E-state index is 12.3. The van der Waals surface area contributed by atoms with Crippen LogP contribution in [0.3, 0.4) is 0 Å². The van der Waals surface area contributed by atoms with Crippen LogP contribution < -0.4 is 10.6 Å². The summed E-state index contributed by atoms with van der Waals surface area (Å²) in [6.45, 7) is 3.60. The fourth-order valence-corrected chi connectivity index (χ4v) is 3.28. The SMILES string of the molecule is C[C@H]1C[C@@H](C(=O)Nc2ncn(Cc3cccc(Br)c3)n2)CCN1. The molecule has 1 aliphatic rings. The average Bonchev–Trinajstić information content (AvgIpc) is 2.94. The van der Waals surface area contributed by atoms with Gasteiger partial charge in [-0.2, -0.15) is 0 Å². The summed E-state index contributed by atoms with van der Waals surface area (Å²) in [7, 11) is 0. The summed E-state index contributed by atoms with van der Waals surface area (Å²) in [4.78, 5) is 16.5. The van der Waals surface area contributed by atoms with Gasteiger partial charge in [0.05, 0.1) is 6.54 Å². The maximum Gasteiger partial charge on any atom is 0.248 e. The minimum Gasteiger partial charge on any atom is -0.314 e. The van der Waals surface area contributed by atoms with Crippen LogP contribution in [0.15, 0.2) is 35.1 Å². The molecule has 2 N–H and O–H groups in total. The highest BCUT2D eigenvalue weighted by Gasteiger charge is 2.25. The number of benzene rings is 1. The van der Waals surface area contributed by atoms with E-state index in [0.29, 0.717) is 18.5 Å². The van der Waals surface area contributed by atoms with Gasteiger partial charge < -0.3 is 5.32 Å². The highest BCUT2D eigenvalue weighted by Crippen LogP contribution is 2.17. The first-order valence-electron chi connectivity index (χ1n) is 7.78. The molecular weight excluding hydrogens is 358 g/mol. The van der Waals surface area contributed by atoms with Crippen LogP contribution >= 0.6 is 15.9 Å². The summed E-state index contributed by atoms with van der Waals surface area (Å²) in [5, 5.41) is 10.5. The van der Waals surface area contributed by atoms with Gasteiger partial charge in [-0.3, -0.25) is 10.1 Å². The zero-order valence-corrected chi connectivity index (χ0v) is 14.6. The van der Waals surface area contributed by atoms with Crippen LogP contribution in [-0.2, 0) is 11.3 Å². The predicted octanol–water partition coefficient (Wildman–Crippen LogP) is 2.42. The first-order chi connectivity index (χ1) is 11.1. The standard InChI is InChI=1S/C16H20BrN5O/c1-11-7-13(5-6-18-11)15(23)20-16-19-10-22(21-16)9-12-3-2-4-14(17)8-12/h2-4,8,10-11,13,18H,5-7,9H2,1H3,(H,20,21,23)/t11-,13-/m0/s1. The lowest BCUT2D eigenvalue weighted by molar-refractivity contribution is -0.120. The molecule has 23 heavy (non-hydrogen) atoms. The van der Waals surface area contributed by atoms with Crippen molar-refractivity contribution in [1.82, 2.24) is 20.1 Å². The first kappa shape index (κ1) is 16.1. The molecule has 3 rings (SSSR count). The van der Waals surface area contributed by atoms with Crippen LogP contribution in [-0.4, -0.2) is 33.3 Å². The summed E-state index contributed by atoms with van der Waals surface area (Å²) >= 11 is 3.45. The van der Waals surface area contributed by atoms with Crippen molar-refractivity contribution in [2.75, 3.05) is 11.9 Å². The molecule has 7 heteroatoms. The third-order valence-electron chi connectivity index (χ3n) is 4.00. The summed E-state index contributed by atoms with van der Waals surface area (Å²) in [5.74, 6) is 0.415. The zero-order chi connectivity index (χ0) is 16.2. The van der Waals surface area contributed by atoms with Crippen molar-refractivity contribution in [3.05, 3.63) is 40.6 Å². The summed E-state index contributed by atoms with van der Waals surface area (Å²) in [5.41, 5.74) is 1.12. The topological polar surface area (TPSA) is 71.8 Å². The number of nitrogens with zero attached hydrogens (tertiary/aromatic N) is 3. The highest BCUT2D eigenvalue weighted by molar-refractivity contribution is 9.10. The molecule has 1 amide bonds. The summed E-state index contributed by atoms with van der Waals surface area (Å²) < 4.78 is 2.76. The fourth-order valence-electron chi connectivity index (χ4n) is 2.83. The van der Waals surface area contributed by atoms with E-state index in [-0.39, 0.29) is 11.8 Å². The molecule has 0 radical (unpaired) electrons. The number of piperidine rings is 1. The second-order valence-electron chi connectivity index (χ2n) is 5.96. The number of nitrogens with one attached hydrogen (secondary N) is 2. The van der Waals surface area contributed by atoms with E-state index in [1.807, 2.05) is 24.3 Å². The van der Waals surface area contributed by atoms with Gasteiger partial charge in [0.25, 0.3) is 0 Å². The van der Waals surface area contributed by atoms with Crippen LogP contribution in [0.25, 0.3) is 0 Å². The highest BCUT2D eigenvalue weighted by atomic mass is 79.9. The van der Waals surface area contributed by atoms with E-state index >= 15 is 0 Å². The van der Waals surface area contributed by atoms with Crippen molar-refractivity contribution in [2.45, 2.75) is 32.4 Å². The van der Waals surface area contributed by atoms with E-state index in [4.69, 9.17) is 0 Å². The molecule has 0 bridgehead atoms. The molecule has 0 unspecified atom stereocenters. The van der Waals surface area contributed by atoms with Crippen molar-refractivity contribution in [3.63, 3.8) is 0 Å². The second-order valence-corrected chi connectivity index (χ2v) is 6.88. The van der Waals surface area contributed by atoms with Gasteiger partial charge in [-0.15, -0.1) is 5.10 Å². The zero-order valence-electron chi connectivity index (χ0n) is 13.0. The van der Waals surface area contributed by atoms with Gasteiger partial charge in [0.1, 0.15) is 6.33 Å². The molecule has 0 saturated carbocycles. The van der Waals surface area contributed by atoms with Gasteiger partial charge in [0.15, 0.2) is 0 Å². The van der Waals surface area contributed by atoms with Crippen molar-refractivity contribution >= 4 is 27.8 Å². The third-order valence-corrected chi connectivity index (χ3v) is 4.49. The largest absolute Gasteiger partial charge is 0.314 e. The Kier molecular flexibility index (Phi) is 5.07. The Morgan fingerprint density at radius 2 is 2.39 bits per heavy atom. The number of hydrogen-bond acceptors (Lipinski definition) is 4. The molecular formula is C16H20BrN5O. The van der Waals surface area contributed by atoms with Gasteiger partial charge in [-0.05, 0) is 44.0 Å². The molecule has 0 spiro atoms. The molecule has 2 atom stereocenters. The average molecular weight is 378 g/mol. The molecule has 0 aliphatic carbocycles. The Morgan fingerprint density at radius 3 is 3.17 bits per heavy atom. The minimum absolute atomic E-state index is 0.0126. The lowest BCUT2D eigenvalue weighted by Crippen LogP contribution is -2.40. The summed E-state index contributed by atoms with van der Waals surface area (Å²) in [6, 6.07) is 8.41. The lowest BCUT2D eigenvalue weighted by Gasteiger charge is -2.26. The van der Waals surface area contributed by atoms with Crippen molar-refractivity contribution in [3.8, 4) is 0 Å². The van der Waals surface area contributed by atoms with Gasteiger partial charge in [0, 0.05) is 16.4 Å². The second kappa shape index (κ2) is 7.23. The van der Waals surface area contributed by atoms with Crippen molar-refractivity contribution in [1.29, 1.82) is 0 Å². The smallest absolute Gasteiger partial charge is 0.248 e. The number of carbonyl (C=O) groups excluding carboxylic acids is 1. The molecule has 6 nitrogen and oxygen atoms in total. The number of rotatable bonds is 4. The molecule has 1 aliphatic heterocycles. The van der Waals surface area contributed by atoms with Crippen LogP contribution in [0.4, 0.5) is 5.95 Å². The van der Waals surface area contributed by atoms with Crippen LogP contribution in [0, 0.1) is 5.92 Å². The Hall–Kier alpha value is -1.73. The Morgan fingerprint density at radius 1 is 1.52 bits per heavy atom. The number of aromatic nitrogens is 3. The number of anilines is 1. The first-order valence-corrected chi connectivity index (χ1v) is 8.57. The molecule has 2 heterocycles. The molecule has 1 aromatic carbocycles. The maximum atomic E-state index is 12.3. The molecule has 1 aromatic heterocycles. The van der Waals surface area contributed by atoms with E-state index in [1.54, 1.807) is 11.0 Å². The normalized spacial score (nSPS) is 21.1. The Balaban J connectivity index is 1.59. The third kappa shape index (κ3) is 4.39. The van der Waals surface area contributed by atoms with E-state index in [9.17, 15) is 4.79 Å². The predicted molar refractivity (Wildman–Crippen MR) is 92.1 cm³/mol. The molecule has 2 aromatic rings. The molecule has 1 fully saturated rings.